The van der Waals surface area contributed by atoms with Crippen molar-refractivity contribution in [2.45, 2.75) is 20.0 Å². The van der Waals surface area contributed by atoms with Crippen molar-refractivity contribution in [3.05, 3.63) is 83.7 Å². The topological polar surface area (TPSA) is 63.5 Å². The zero-order valence-electron chi connectivity index (χ0n) is 16.8. The lowest BCUT2D eigenvalue weighted by molar-refractivity contribution is 0.321. The predicted octanol–water partition coefficient (Wildman–Crippen LogP) is 3.60. The van der Waals surface area contributed by atoms with Crippen molar-refractivity contribution in [1.82, 2.24) is 20.4 Å². The van der Waals surface area contributed by atoms with Crippen LogP contribution in [0.2, 0.25) is 0 Å². The van der Waals surface area contributed by atoms with Crippen LogP contribution in [-0.4, -0.2) is 35.9 Å². The third kappa shape index (κ3) is 7.41. The molecular weight excluding hydrogens is 477 g/mol. The fourth-order valence-electron chi connectivity index (χ4n) is 2.90. The van der Waals surface area contributed by atoms with Gasteiger partial charge in [-0.2, -0.15) is 5.10 Å². The Labute approximate surface area is 189 Å². The highest BCUT2D eigenvalue weighted by Crippen LogP contribution is 2.12. The first kappa shape index (κ1) is 22.7. The number of hydrogen-bond donors (Lipinski definition) is 2. The number of benzene rings is 2. The second kappa shape index (κ2) is 12.1. The van der Waals surface area contributed by atoms with Gasteiger partial charge in [-0.1, -0.05) is 36.4 Å². The van der Waals surface area contributed by atoms with E-state index in [0.717, 1.165) is 18.3 Å². The van der Waals surface area contributed by atoms with Crippen molar-refractivity contribution >= 4 is 29.9 Å². The third-order valence-corrected chi connectivity index (χ3v) is 4.33. The molecule has 0 aliphatic rings. The first-order chi connectivity index (χ1) is 13.7. The summed E-state index contributed by atoms with van der Waals surface area (Å²) in [5.41, 5.74) is 3.64. The maximum Gasteiger partial charge on any atom is 0.191 e. The summed E-state index contributed by atoms with van der Waals surface area (Å²) in [7, 11) is 1.77. The molecule has 0 spiro atoms. The fourth-order valence-corrected chi connectivity index (χ4v) is 2.90. The molecular formula is C22H28IN5O. The highest BCUT2D eigenvalue weighted by Gasteiger charge is 2.05. The number of nitrogens with zero attached hydrogens (tertiary/aromatic N) is 3. The second-order valence-electron chi connectivity index (χ2n) is 6.49. The van der Waals surface area contributed by atoms with Crippen LogP contribution in [0.5, 0.6) is 5.75 Å². The van der Waals surface area contributed by atoms with Gasteiger partial charge in [0.05, 0.1) is 13.1 Å². The Hall–Kier alpha value is -2.55. The molecule has 0 amide bonds. The third-order valence-electron chi connectivity index (χ3n) is 4.33. The summed E-state index contributed by atoms with van der Waals surface area (Å²) in [4.78, 5) is 4.29. The minimum absolute atomic E-state index is 0. The number of nitrogens with one attached hydrogen (secondary N) is 2. The Balaban J connectivity index is 0.00000300. The number of aryl methyl sites for hydroxylation is 1. The largest absolute Gasteiger partial charge is 0.492 e. The minimum atomic E-state index is 0. The van der Waals surface area contributed by atoms with Crippen LogP contribution in [0.15, 0.2) is 72.0 Å². The molecule has 0 unspecified atom stereocenters. The monoisotopic (exact) mass is 505 g/mol. The van der Waals surface area contributed by atoms with Crippen LogP contribution in [0.4, 0.5) is 0 Å². The van der Waals surface area contributed by atoms with Gasteiger partial charge < -0.3 is 15.4 Å². The SMILES string of the molecule is CN=C(NCCOc1cccc(C)c1)NCc1ccccc1Cn1cccn1.I. The second-order valence-corrected chi connectivity index (χ2v) is 6.49. The summed E-state index contributed by atoms with van der Waals surface area (Å²) < 4.78 is 7.69. The lowest BCUT2D eigenvalue weighted by Crippen LogP contribution is -2.39. The summed E-state index contributed by atoms with van der Waals surface area (Å²) in [5, 5.41) is 10.9. The molecule has 0 saturated heterocycles. The summed E-state index contributed by atoms with van der Waals surface area (Å²) in [5.74, 6) is 1.64. The van der Waals surface area contributed by atoms with E-state index >= 15 is 0 Å². The van der Waals surface area contributed by atoms with E-state index in [1.807, 2.05) is 35.1 Å². The lowest BCUT2D eigenvalue weighted by Gasteiger charge is -2.15. The van der Waals surface area contributed by atoms with Crippen LogP contribution in [0.25, 0.3) is 0 Å². The van der Waals surface area contributed by atoms with E-state index < -0.39 is 0 Å². The Bertz CT molecular complexity index is 896. The van der Waals surface area contributed by atoms with Gasteiger partial charge in [0.25, 0.3) is 0 Å². The van der Waals surface area contributed by atoms with Crippen molar-refractivity contribution in [3.63, 3.8) is 0 Å². The van der Waals surface area contributed by atoms with Gasteiger partial charge in [-0.25, -0.2) is 0 Å². The molecule has 0 saturated carbocycles. The molecule has 0 radical (unpaired) electrons. The van der Waals surface area contributed by atoms with Crippen molar-refractivity contribution in [2.75, 3.05) is 20.2 Å². The summed E-state index contributed by atoms with van der Waals surface area (Å²) in [6.45, 7) is 4.74. The Kier molecular flexibility index (Phi) is 9.49. The van der Waals surface area contributed by atoms with E-state index in [4.69, 9.17) is 4.74 Å². The quantitative estimate of drug-likeness (QED) is 0.213. The summed E-state index contributed by atoms with van der Waals surface area (Å²) >= 11 is 0. The van der Waals surface area contributed by atoms with Crippen LogP contribution in [0, 0.1) is 6.92 Å². The van der Waals surface area contributed by atoms with Crippen molar-refractivity contribution in [3.8, 4) is 5.75 Å². The lowest BCUT2D eigenvalue weighted by atomic mass is 10.1. The van der Waals surface area contributed by atoms with Crippen molar-refractivity contribution in [2.24, 2.45) is 4.99 Å². The molecule has 0 fully saturated rings. The van der Waals surface area contributed by atoms with E-state index in [2.05, 4.69) is 58.0 Å². The van der Waals surface area contributed by atoms with Crippen LogP contribution in [0.3, 0.4) is 0 Å². The number of halogens is 1. The predicted molar refractivity (Wildman–Crippen MR) is 128 cm³/mol. The zero-order valence-corrected chi connectivity index (χ0v) is 19.2. The number of hydrogen-bond acceptors (Lipinski definition) is 3. The van der Waals surface area contributed by atoms with E-state index in [0.29, 0.717) is 19.7 Å². The summed E-state index contributed by atoms with van der Waals surface area (Å²) in [6, 6.07) is 18.4. The number of guanidine groups is 1. The van der Waals surface area contributed by atoms with E-state index in [1.54, 1.807) is 13.2 Å². The van der Waals surface area contributed by atoms with Crippen LogP contribution < -0.4 is 15.4 Å². The molecule has 2 N–H and O–H groups in total. The summed E-state index contributed by atoms with van der Waals surface area (Å²) in [6.07, 6.45) is 3.77. The molecule has 3 rings (SSSR count). The fraction of sp³-hybridized carbons (Fsp3) is 0.273. The first-order valence-electron chi connectivity index (χ1n) is 9.43. The Morgan fingerprint density at radius 1 is 1.07 bits per heavy atom. The van der Waals surface area contributed by atoms with Gasteiger partial charge in [0.15, 0.2) is 5.96 Å². The van der Waals surface area contributed by atoms with Gasteiger partial charge in [-0.15, -0.1) is 24.0 Å². The maximum atomic E-state index is 5.77. The van der Waals surface area contributed by atoms with E-state index in [9.17, 15) is 0 Å². The highest BCUT2D eigenvalue weighted by atomic mass is 127. The Morgan fingerprint density at radius 3 is 2.62 bits per heavy atom. The maximum absolute atomic E-state index is 5.77. The van der Waals surface area contributed by atoms with Crippen molar-refractivity contribution in [1.29, 1.82) is 0 Å². The average molecular weight is 505 g/mol. The number of ether oxygens (including phenoxy) is 1. The molecule has 6 nitrogen and oxygen atoms in total. The highest BCUT2D eigenvalue weighted by molar-refractivity contribution is 14.0. The first-order valence-corrected chi connectivity index (χ1v) is 9.43. The van der Waals surface area contributed by atoms with Crippen LogP contribution in [0.1, 0.15) is 16.7 Å². The molecule has 0 atom stereocenters. The standard InChI is InChI=1S/C22H27N5O.HI/c1-18-7-5-10-21(15-18)28-14-12-24-22(23-2)25-16-19-8-3-4-9-20(19)17-27-13-6-11-26-27;/h3-11,13,15H,12,14,16-17H2,1-2H3,(H2,23,24,25);1H. The average Bonchev–Trinajstić information content (AvgIpc) is 3.22. The van der Waals surface area contributed by atoms with Gasteiger partial charge in [0.1, 0.15) is 12.4 Å². The molecule has 1 aromatic heterocycles. The van der Waals surface area contributed by atoms with Crippen LogP contribution in [-0.2, 0) is 13.1 Å². The molecule has 29 heavy (non-hydrogen) atoms. The van der Waals surface area contributed by atoms with Gasteiger partial charge in [-0.3, -0.25) is 9.67 Å². The molecule has 7 heteroatoms. The number of aliphatic imine (C=N–C) groups is 1. The molecule has 0 aliphatic heterocycles. The smallest absolute Gasteiger partial charge is 0.191 e. The van der Waals surface area contributed by atoms with Gasteiger partial charge >= 0.3 is 0 Å². The number of aromatic nitrogens is 2. The van der Waals surface area contributed by atoms with Gasteiger partial charge in [-0.05, 0) is 41.8 Å². The molecule has 154 valence electrons. The zero-order chi connectivity index (χ0) is 19.6. The Morgan fingerprint density at radius 2 is 1.90 bits per heavy atom. The van der Waals surface area contributed by atoms with Gasteiger partial charge in [0.2, 0.25) is 0 Å². The molecule has 3 aromatic rings. The normalized spacial score (nSPS) is 10.9. The molecule has 0 bridgehead atoms. The molecule has 0 aliphatic carbocycles. The van der Waals surface area contributed by atoms with Crippen molar-refractivity contribution < 1.29 is 4.74 Å². The van der Waals surface area contributed by atoms with E-state index in [1.165, 1.54) is 16.7 Å². The number of rotatable bonds is 8. The van der Waals surface area contributed by atoms with Crippen LogP contribution >= 0.6 is 24.0 Å². The molecule has 1 heterocycles. The minimum Gasteiger partial charge on any atom is -0.492 e. The van der Waals surface area contributed by atoms with E-state index in [-0.39, 0.29) is 24.0 Å². The molecule has 2 aromatic carbocycles. The van der Waals surface area contributed by atoms with Gasteiger partial charge in [0, 0.05) is 26.0 Å².